The fourth-order valence-corrected chi connectivity index (χ4v) is 3.43. The molecule has 30 heavy (non-hydrogen) atoms. The molecule has 0 saturated carbocycles. The van der Waals surface area contributed by atoms with Gasteiger partial charge in [-0.15, -0.1) is 0 Å². The molecule has 5 nitrogen and oxygen atoms in total. The number of carbonyl (C=O) groups is 2. The van der Waals surface area contributed by atoms with E-state index in [0.29, 0.717) is 13.0 Å². The van der Waals surface area contributed by atoms with Gasteiger partial charge >= 0.3 is 0 Å². The van der Waals surface area contributed by atoms with Gasteiger partial charge in [0.05, 0.1) is 13.5 Å². The Hall–Kier alpha value is -2.82. The van der Waals surface area contributed by atoms with Gasteiger partial charge in [-0.05, 0) is 49.9 Å². The first kappa shape index (κ1) is 23.5. The van der Waals surface area contributed by atoms with E-state index in [1.165, 1.54) is 0 Å². The molecule has 0 aliphatic carbocycles. The highest BCUT2D eigenvalue weighted by Crippen LogP contribution is 2.19. The molecule has 0 aliphatic rings. The van der Waals surface area contributed by atoms with E-state index in [1.54, 1.807) is 12.0 Å². The molecule has 2 atom stereocenters. The average Bonchev–Trinajstić information content (AvgIpc) is 2.73. The Morgan fingerprint density at radius 2 is 1.73 bits per heavy atom. The predicted molar refractivity (Wildman–Crippen MR) is 120 cm³/mol. The second-order valence-electron chi connectivity index (χ2n) is 7.78. The first-order valence-corrected chi connectivity index (χ1v) is 10.7. The monoisotopic (exact) mass is 410 g/mol. The van der Waals surface area contributed by atoms with Crippen LogP contribution in [0.2, 0.25) is 0 Å². The number of hydrogen-bond acceptors (Lipinski definition) is 3. The van der Waals surface area contributed by atoms with Crippen LogP contribution in [-0.2, 0) is 22.6 Å². The molecule has 0 saturated heterocycles. The minimum atomic E-state index is -0.525. The molecule has 0 aliphatic heterocycles. The predicted octanol–water partition coefficient (Wildman–Crippen LogP) is 4.27. The Balaban J connectivity index is 2.31. The third-order valence-electron chi connectivity index (χ3n) is 5.31. The fraction of sp³-hybridized carbons (Fsp3) is 0.440. The van der Waals surface area contributed by atoms with Crippen LogP contribution >= 0.6 is 0 Å². The zero-order chi connectivity index (χ0) is 22.1. The lowest BCUT2D eigenvalue weighted by Crippen LogP contribution is -2.51. The normalized spacial score (nSPS) is 12.7. The lowest BCUT2D eigenvalue weighted by Gasteiger charge is -2.31. The van der Waals surface area contributed by atoms with Crippen molar-refractivity contribution in [2.24, 2.45) is 0 Å². The van der Waals surface area contributed by atoms with Crippen molar-refractivity contribution in [1.29, 1.82) is 0 Å². The van der Waals surface area contributed by atoms with Crippen LogP contribution in [0.15, 0.2) is 48.5 Å². The summed E-state index contributed by atoms with van der Waals surface area (Å²) in [5.74, 6) is 0.567. The molecule has 2 aromatic carbocycles. The molecule has 2 rings (SSSR count). The molecule has 1 N–H and O–H groups in total. The fourth-order valence-electron chi connectivity index (χ4n) is 3.43. The molecule has 0 fully saturated rings. The van der Waals surface area contributed by atoms with Crippen molar-refractivity contribution in [1.82, 2.24) is 10.2 Å². The molecule has 2 amide bonds. The number of ether oxygens (including phenoxy) is 1. The van der Waals surface area contributed by atoms with E-state index in [2.05, 4.69) is 5.32 Å². The van der Waals surface area contributed by atoms with Crippen LogP contribution < -0.4 is 10.1 Å². The SMILES string of the molecule is CCC(C)NC(=O)C(CC)N(Cc1cccc(OC)c1)C(=O)Cc1cccc(C)c1. The van der Waals surface area contributed by atoms with E-state index in [9.17, 15) is 9.59 Å². The van der Waals surface area contributed by atoms with E-state index in [1.807, 2.05) is 76.2 Å². The van der Waals surface area contributed by atoms with Gasteiger partial charge in [-0.2, -0.15) is 0 Å². The van der Waals surface area contributed by atoms with Gasteiger partial charge in [0.15, 0.2) is 0 Å². The smallest absolute Gasteiger partial charge is 0.243 e. The summed E-state index contributed by atoms with van der Waals surface area (Å²) in [7, 11) is 1.62. The summed E-state index contributed by atoms with van der Waals surface area (Å²) in [6.07, 6.45) is 1.65. The molecule has 0 spiro atoms. The minimum Gasteiger partial charge on any atom is -0.497 e. The summed E-state index contributed by atoms with van der Waals surface area (Å²) >= 11 is 0. The maximum atomic E-state index is 13.4. The summed E-state index contributed by atoms with van der Waals surface area (Å²) in [6, 6.07) is 15.1. The number of carbonyl (C=O) groups excluding carboxylic acids is 2. The zero-order valence-corrected chi connectivity index (χ0v) is 18.8. The second kappa shape index (κ2) is 11.4. The molecule has 162 valence electrons. The number of rotatable bonds is 10. The van der Waals surface area contributed by atoms with Gasteiger partial charge in [-0.3, -0.25) is 9.59 Å². The van der Waals surface area contributed by atoms with Gasteiger partial charge in [-0.1, -0.05) is 55.8 Å². The Labute approximate surface area is 180 Å². The van der Waals surface area contributed by atoms with Crippen LogP contribution in [-0.4, -0.2) is 35.9 Å². The number of methoxy groups -OCH3 is 1. The molecule has 0 heterocycles. The van der Waals surface area contributed by atoms with Crippen LogP contribution in [0, 0.1) is 6.92 Å². The first-order chi connectivity index (χ1) is 14.4. The van der Waals surface area contributed by atoms with Crippen LogP contribution in [0.25, 0.3) is 0 Å². The maximum absolute atomic E-state index is 13.4. The maximum Gasteiger partial charge on any atom is 0.243 e. The lowest BCUT2D eigenvalue weighted by molar-refractivity contribution is -0.141. The largest absolute Gasteiger partial charge is 0.497 e. The topological polar surface area (TPSA) is 58.6 Å². The molecule has 0 radical (unpaired) electrons. The first-order valence-electron chi connectivity index (χ1n) is 10.7. The van der Waals surface area contributed by atoms with Crippen molar-refractivity contribution >= 4 is 11.8 Å². The van der Waals surface area contributed by atoms with Gasteiger partial charge in [0.25, 0.3) is 0 Å². The van der Waals surface area contributed by atoms with Crippen molar-refractivity contribution < 1.29 is 14.3 Å². The Bertz CT molecular complexity index is 850. The lowest BCUT2D eigenvalue weighted by atomic mass is 10.0. The summed E-state index contributed by atoms with van der Waals surface area (Å²) in [4.78, 5) is 28.0. The van der Waals surface area contributed by atoms with Gasteiger partial charge < -0.3 is 15.0 Å². The van der Waals surface area contributed by atoms with Gasteiger partial charge in [0.2, 0.25) is 11.8 Å². The molecular formula is C25H34N2O3. The third-order valence-corrected chi connectivity index (χ3v) is 5.31. The molecule has 5 heteroatoms. The van der Waals surface area contributed by atoms with Crippen molar-refractivity contribution in [3.63, 3.8) is 0 Å². The van der Waals surface area contributed by atoms with Gasteiger partial charge in [0, 0.05) is 12.6 Å². The van der Waals surface area contributed by atoms with Crippen LogP contribution in [0.3, 0.4) is 0 Å². The number of benzene rings is 2. The zero-order valence-electron chi connectivity index (χ0n) is 18.8. The Morgan fingerprint density at radius 3 is 2.37 bits per heavy atom. The number of nitrogens with one attached hydrogen (secondary N) is 1. The summed E-state index contributed by atoms with van der Waals surface area (Å²) in [5, 5.41) is 3.04. The minimum absolute atomic E-state index is 0.0606. The van der Waals surface area contributed by atoms with Crippen molar-refractivity contribution in [2.45, 2.75) is 65.6 Å². The quantitative estimate of drug-likeness (QED) is 0.636. The van der Waals surface area contributed by atoms with Crippen LogP contribution in [0.1, 0.15) is 50.3 Å². The highest BCUT2D eigenvalue weighted by atomic mass is 16.5. The van der Waals surface area contributed by atoms with Crippen LogP contribution in [0.5, 0.6) is 5.75 Å². The van der Waals surface area contributed by atoms with Gasteiger partial charge in [-0.25, -0.2) is 0 Å². The van der Waals surface area contributed by atoms with Gasteiger partial charge in [0.1, 0.15) is 11.8 Å². The van der Waals surface area contributed by atoms with E-state index >= 15 is 0 Å². The summed E-state index contributed by atoms with van der Waals surface area (Å²) in [5.41, 5.74) is 3.00. The summed E-state index contributed by atoms with van der Waals surface area (Å²) in [6.45, 7) is 8.32. The average molecular weight is 411 g/mol. The molecule has 0 aromatic heterocycles. The highest BCUT2D eigenvalue weighted by molar-refractivity contribution is 5.88. The van der Waals surface area contributed by atoms with Crippen molar-refractivity contribution in [3.05, 3.63) is 65.2 Å². The third kappa shape index (κ3) is 6.61. The van der Waals surface area contributed by atoms with E-state index in [0.717, 1.165) is 28.9 Å². The van der Waals surface area contributed by atoms with E-state index < -0.39 is 6.04 Å². The number of aryl methyl sites for hydroxylation is 1. The summed E-state index contributed by atoms with van der Waals surface area (Å²) < 4.78 is 5.32. The van der Waals surface area contributed by atoms with E-state index in [-0.39, 0.29) is 24.3 Å². The number of hydrogen-bond donors (Lipinski definition) is 1. The van der Waals surface area contributed by atoms with Crippen molar-refractivity contribution in [3.8, 4) is 5.75 Å². The number of nitrogens with zero attached hydrogens (tertiary/aromatic N) is 1. The highest BCUT2D eigenvalue weighted by Gasteiger charge is 2.29. The second-order valence-corrected chi connectivity index (χ2v) is 7.78. The molecule has 2 aromatic rings. The molecular weight excluding hydrogens is 376 g/mol. The number of amides is 2. The van der Waals surface area contributed by atoms with Crippen LogP contribution in [0.4, 0.5) is 0 Å². The Kier molecular flexibility index (Phi) is 8.90. The molecule has 2 unspecified atom stereocenters. The standard InChI is InChI=1S/C25H34N2O3/c1-6-19(4)26-25(29)23(7-2)27(17-21-12-9-13-22(15-21)30-5)24(28)16-20-11-8-10-18(3)14-20/h8-15,19,23H,6-7,16-17H2,1-5H3,(H,26,29). The Morgan fingerprint density at radius 1 is 1.03 bits per heavy atom. The molecule has 0 bridgehead atoms. The van der Waals surface area contributed by atoms with E-state index in [4.69, 9.17) is 4.74 Å². The van der Waals surface area contributed by atoms with Crippen molar-refractivity contribution in [2.75, 3.05) is 7.11 Å².